The molecule has 2 saturated heterocycles. The Labute approximate surface area is 72.8 Å². The van der Waals surface area contributed by atoms with Crippen molar-refractivity contribution >= 4 is 5.90 Å². The van der Waals surface area contributed by atoms with Crippen LogP contribution in [0.4, 0.5) is 0 Å². The van der Waals surface area contributed by atoms with Crippen LogP contribution in [0.3, 0.4) is 0 Å². The third kappa shape index (κ3) is 0.900. The SMILES string of the molecule is N=C1OC2CC3CC(C2)CC1C3. The number of fused-ring (bicyclic) bond motifs is 1. The van der Waals surface area contributed by atoms with Gasteiger partial charge < -0.3 is 4.74 Å². The lowest BCUT2D eigenvalue weighted by Crippen LogP contribution is -2.29. The predicted octanol–water partition coefficient (Wildman–Crippen LogP) is 2.19. The normalized spacial score (nSPS) is 50.5. The van der Waals surface area contributed by atoms with Crippen LogP contribution in [-0.4, -0.2) is 12.0 Å². The van der Waals surface area contributed by atoms with Crippen molar-refractivity contribution in [3.8, 4) is 0 Å². The average molecular weight is 165 g/mol. The molecule has 2 unspecified atom stereocenters. The number of ether oxygens (including phenoxy) is 1. The molecule has 1 N–H and O–H groups in total. The third-order valence-electron chi connectivity index (χ3n) is 3.76. The Morgan fingerprint density at radius 1 is 1.00 bits per heavy atom. The first-order valence-corrected chi connectivity index (χ1v) is 5.06. The van der Waals surface area contributed by atoms with Crippen LogP contribution in [0.2, 0.25) is 0 Å². The number of nitrogens with one attached hydrogen (secondary N) is 1. The van der Waals surface area contributed by atoms with Gasteiger partial charge in [0.05, 0.1) is 0 Å². The standard InChI is InChI=1S/C10H15NO/c11-10-8-2-6-1-7(3-8)5-9(4-6)12-10/h6-9,11H,1-5H2. The van der Waals surface area contributed by atoms with E-state index in [1.54, 1.807) is 0 Å². The first-order chi connectivity index (χ1) is 5.81. The highest BCUT2D eigenvalue weighted by atomic mass is 16.5. The summed E-state index contributed by atoms with van der Waals surface area (Å²) in [4.78, 5) is 0. The maximum atomic E-state index is 7.74. The molecule has 4 fully saturated rings. The quantitative estimate of drug-likeness (QED) is 0.586. The van der Waals surface area contributed by atoms with E-state index in [2.05, 4.69) is 0 Å². The molecule has 2 heterocycles. The van der Waals surface area contributed by atoms with Gasteiger partial charge in [-0.25, -0.2) is 0 Å². The van der Waals surface area contributed by atoms with Crippen molar-refractivity contribution in [1.82, 2.24) is 0 Å². The zero-order valence-electron chi connectivity index (χ0n) is 7.25. The lowest BCUT2D eigenvalue weighted by atomic mass is 9.68. The summed E-state index contributed by atoms with van der Waals surface area (Å²) in [5.41, 5.74) is 0. The van der Waals surface area contributed by atoms with Crippen LogP contribution < -0.4 is 0 Å². The van der Waals surface area contributed by atoms with Crippen molar-refractivity contribution in [3.63, 3.8) is 0 Å². The van der Waals surface area contributed by atoms with Crippen molar-refractivity contribution in [2.75, 3.05) is 0 Å². The summed E-state index contributed by atoms with van der Waals surface area (Å²) in [6, 6.07) is 0. The second-order valence-corrected chi connectivity index (χ2v) is 4.71. The Hall–Kier alpha value is -0.530. The minimum atomic E-state index is 0.411. The van der Waals surface area contributed by atoms with Gasteiger partial charge in [-0.2, -0.15) is 0 Å². The van der Waals surface area contributed by atoms with Crippen LogP contribution in [0.15, 0.2) is 0 Å². The fraction of sp³-hybridized carbons (Fsp3) is 0.900. The summed E-state index contributed by atoms with van der Waals surface area (Å²) in [5, 5.41) is 7.74. The van der Waals surface area contributed by atoms with Gasteiger partial charge in [0.15, 0.2) is 5.90 Å². The molecular weight excluding hydrogens is 150 g/mol. The smallest absolute Gasteiger partial charge is 0.183 e. The van der Waals surface area contributed by atoms with E-state index in [1.165, 1.54) is 32.1 Å². The van der Waals surface area contributed by atoms with Crippen LogP contribution >= 0.6 is 0 Å². The minimum Gasteiger partial charge on any atom is -0.478 e. The molecule has 2 nitrogen and oxygen atoms in total. The van der Waals surface area contributed by atoms with Gasteiger partial charge in [0.25, 0.3) is 0 Å². The van der Waals surface area contributed by atoms with Gasteiger partial charge in [0, 0.05) is 5.92 Å². The topological polar surface area (TPSA) is 33.1 Å². The average Bonchev–Trinajstić information content (AvgIpc) is 2.16. The predicted molar refractivity (Wildman–Crippen MR) is 46.2 cm³/mol. The van der Waals surface area contributed by atoms with Crippen molar-refractivity contribution < 1.29 is 4.74 Å². The molecular formula is C10H15NO. The van der Waals surface area contributed by atoms with Crippen LogP contribution in [-0.2, 0) is 4.74 Å². The maximum Gasteiger partial charge on any atom is 0.183 e. The van der Waals surface area contributed by atoms with Crippen molar-refractivity contribution in [1.29, 1.82) is 5.41 Å². The van der Waals surface area contributed by atoms with Crippen LogP contribution in [0.25, 0.3) is 0 Å². The highest BCUT2D eigenvalue weighted by Gasteiger charge is 2.42. The largest absolute Gasteiger partial charge is 0.478 e. The van der Waals surface area contributed by atoms with Crippen molar-refractivity contribution in [2.24, 2.45) is 17.8 Å². The van der Waals surface area contributed by atoms with Gasteiger partial charge in [-0.1, -0.05) is 0 Å². The molecule has 0 aromatic rings. The van der Waals surface area contributed by atoms with E-state index in [4.69, 9.17) is 10.1 Å². The van der Waals surface area contributed by atoms with Gasteiger partial charge in [-0.05, 0) is 43.9 Å². The number of hydrogen-bond donors (Lipinski definition) is 1. The fourth-order valence-corrected chi connectivity index (χ4v) is 3.38. The molecule has 2 aliphatic heterocycles. The molecule has 0 amide bonds. The van der Waals surface area contributed by atoms with Crippen LogP contribution in [0, 0.1) is 23.2 Å². The summed E-state index contributed by atoms with van der Waals surface area (Å²) < 4.78 is 5.62. The molecule has 0 aromatic carbocycles. The third-order valence-corrected chi connectivity index (χ3v) is 3.76. The molecule has 2 atom stereocenters. The second kappa shape index (κ2) is 2.24. The van der Waals surface area contributed by atoms with Gasteiger partial charge in [0.2, 0.25) is 0 Å². The Morgan fingerprint density at radius 3 is 2.33 bits per heavy atom. The summed E-state index contributed by atoms with van der Waals surface area (Å²) in [6.07, 6.45) is 6.78. The van der Waals surface area contributed by atoms with E-state index < -0.39 is 0 Å². The minimum absolute atomic E-state index is 0.411. The summed E-state index contributed by atoms with van der Waals surface area (Å²) in [7, 11) is 0. The monoisotopic (exact) mass is 165 g/mol. The molecule has 4 rings (SSSR count). The van der Waals surface area contributed by atoms with Gasteiger partial charge in [-0.3, -0.25) is 5.41 Å². The molecule has 12 heavy (non-hydrogen) atoms. The number of hydrogen-bond acceptors (Lipinski definition) is 2. The zero-order chi connectivity index (χ0) is 8.13. The molecule has 66 valence electrons. The summed E-state index contributed by atoms with van der Waals surface area (Å²) in [5.74, 6) is 2.86. The molecule has 2 saturated carbocycles. The second-order valence-electron chi connectivity index (χ2n) is 4.71. The highest BCUT2D eigenvalue weighted by Crippen LogP contribution is 2.46. The Kier molecular flexibility index (Phi) is 1.29. The van der Waals surface area contributed by atoms with Crippen LogP contribution in [0.1, 0.15) is 32.1 Å². The first-order valence-electron chi connectivity index (χ1n) is 5.06. The van der Waals surface area contributed by atoms with Gasteiger partial charge >= 0.3 is 0 Å². The molecule has 0 radical (unpaired) electrons. The van der Waals surface area contributed by atoms with Gasteiger partial charge in [-0.15, -0.1) is 0 Å². The Morgan fingerprint density at radius 2 is 1.67 bits per heavy atom. The number of rotatable bonds is 0. The molecule has 0 aromatic heterocycles. The maximum absolute atomic E-state index is 7.74. The first kappa shape index (κ1) is 6.93. The Balaban J connectivity index is 1.95. The van der Waals surface area contributed by atoms with Gasteiger partial charge in [0.1, 0.15) is 6.10 Å². The molecule has 4 bridgehead atoms. The Bertz CT molecular complexity index is 212. The van der Waals surface area contributed by atoms with Crippen LogP contribution in [0.5, 0.6) is 0 Å². The van der Waals surface area contributed by atoms with E-state index in [-0.39, 0.29) is 0 Å². The van der Waals surface area contributed by atoms with E-state index >= 15 is 0 Å². The van der Waals surface area contributed by atoms with E-state index in [1.807, 2.05) is 0 Å². The highest BCUT2D eigenvalue weighted by molar-refractivity contribution is 5.76. The van der Waals surface area contributed by atoms with E-state index in [0.717, 1.165) is 11.8 Å². The van der Waals surface area contributed by atoms with Crippen molar-refractivity contribution in [2.45, 2.75) is 38.2 Å². The van der Waals surface area contributed by atoms with E-state index in [9.17, 15) is 0 Å². The lowest BCUT2D eigenvalue weighted by Gasteiger charge is -2.35. The zero-order valence-corrected chi connectivity index (χ0v) is 7.25. The van der Waals surface area contributed by atoms with Crippen molar-refractivity contribution in [3.05, 3.63) is 0 Å². The molecule has 4 aliphatic rings. The summed E-state index contributed by atoms with van der Waals surface area (Å²) in [6.45, 7) is 0. The molecule has 2 heteroatoms. The summed E-state index contributed by atoms with van der Waals surface area (Å²) >= 11 is 0. The molecule has 2 aliphatic carbocycles. The fourth-order valence-electron chi connectivity index (χ4n) is 3.38. The lowest BCUT2D eigenvalue weighted by molar-refractivity contribution is 0.0840. The molecule has 0 spiro atoms. The van der Waals surface area contributed by atoms with E-state index in [0.29, 0.717) is 17.9 Å².